The number of carbonyl (C=O) groups excluding carboxylic acids is 6. The van der Waals surface area contributed by atoms with Gasteiger partial charge in [0.15, 0.2) is 0 Å². The molecular formula is C106H117N13O17S. The van der Waals surface area contributed by atoms with Crippen LogP contribution in [0.15, 0.2) is 150 Å². The lowest BCUT2D eigenvalue weighted by Gasteiger charge is -2.46. The van der Waals surface area contributed by atoms with Crippen LogP contribution in [-0.2, 0) is 113 Å². The molecule has 5 saturated heterocycles. The van der Waals surface area contributed by atoms with Gasteiger partial charge < -0.3 is 65.1 Å². The van der Waals surface area contributed by atoms with Gasteiger partial charge >= 0.3 is 17.9 Å². The Kier molecular flexibility index (Phi) is 21.3. The van der Waals surface area contributed by atoms with Crippen molar-refractivity contribution >= 4 is 112 Å². The molecule has 26 rings (SSSR count). The highest BCUT2D eigenvalue weighted by molar-refractivity contribution is 7.90. The van der Waals surface area contributed by atoms with Crippen LogP contribution in [0.4, 0.5) is 0 Å². The Morgan fingerprint density at radius 2 is 0.796 bits per heavy atom. The molecule has 21 atom stereocenters. The second-order valence-corrected chi connectivity index (χ2v) is 44.3. The van der Waals surface area contributed by atoms with Crippen LogP contribution in [0.3, 0.4) is 0 Å². The Hall–Kier alpha value is -12.5. The summed E-state index contributed by atoms with van der Waals surface area (Å²) >= 11 is 0. The number of nitrogens with zero attached hydrogens (tertiary/aromatic N) is 8. The Morgan fingerprint density at radius 3 is 1.26 bits per heavy atom. The van der Waals surface area contributed by atoms with Crippen molar-refractivity contribution in [1.29, 1.82) is 0 Å². The van der Waals surface area contributed by atoms with E-state index < -0.39 is 68.3 Å². The van der Waals surface area contributed by atoms with Crippen molar-refractivity contribution in [3.05, 3.63) is 228 Å². The van der Waals surface area contributed by atoms with Gasteiger partial charge in [0.25, 0.3) is 10.0 Å². The van der Waals surface area contributed by atoms with Crippen LogP contribution in [0.25, 0.3) is 54.5 Å². The summed E-state index contributed by atoms with van der Waals surface area (Å²) < 4.78 is 34.9. The number of carboxylic acid groups (broad SMARTS) is 2. The fraction of sp³-hybridized carbons (Fsp3) is 0.491. The molecule has 714 valence electrons. The number of H-pyrrole nitrogens is 4. The third-order valence-electron chi connectivity index (χ3n) is 36.3. The number of nitrogens with two attached hydrogens (primary N) is 1. The number of ether oxygens (including phenoxy) is 1. The molecule has 5 spiro atoms. The highest BCUT2D eigenvalue weighted by atomic mass is 32.2. The first kappa shape index (κ1) is 89.7. The summed E-state index contributed by atoms with van der Waals surface area (Å²) in [7, 11) is -2.67. The molecular weight excluding hydrogens is 1760 g/mol. The minimum absolute atomic E-state index is 0.0281. The van der Waals surface area contributed by atoms with Crippen LogP contribution in [0.1, 0.15) is 174 Å². The molecule has 15 aliphatic rings. The van der Waals surface area contributed by atoms with E-state index in [4.69, 9.17) is 10.5 Å². The van der Waals surface area contributed by atoms with Gasteiger partial charge in [0.2, 0.25) is 42.6 Å². The number of carboxylic acids is 2. The maximum absolute atomic E-state index is 14.2. The molecule has 5 aromatic heterocycles. The maximum atomic E-state index is 14.2. The SMILES string of the molecule is COC(=O)[C@@H]1Cc2c([nH]c3ccccc23)[C@@]23C[C@H](C)[C@@H](C[N+](=O)[O-])[C@@H]2CC(=O)N13.C[C@H]1C[C@@]23c4[nH]c5ccccc5c4CCCN2C(=O)C[C@H]3[C@@H]1CN.C[C@H]1C[C@@]23c4[nH]c5ccccc5c4CCCN2C(=O)C[C@H]3[C@@H]1C[N+](=O)[O-].C[C@H]1C[C@@]23c4[nH]c5ccccc5c4CCN2C(=O)C[C@H]3[C@@H]1C(=O)O.Cc1ccc(S(=O)(=O)n2c3c(c4ccccc42)CCN2C(=O)C[C@H]4[C@H](C(=O)O)[C@@H](C)C[C@]342)cc1. The van der Waals surface area contributed by atoms with E-state index in [1.165, 1.54) is 55.1 Å². The molecule has 0 radical (unpaired) electrons. The molecule has 31 heteroatoms. The number of methoxy groups -OCH3 is 1. The van der Waals surface area contributed by atoms with Gasteiger partial charge in [-0.3, -0.25) is 53.8 Å². The summed E-state index contributed by atoms with van der Waals surface area (Å²) in [4.78, 5) is 148. The maximum Gasteiger partial charge on any atom is 0.328 e. The van der Waals surface area contributed by atoms with E-state index in [1.54, 1.807) is 40.1 Å². The third-order valence-corrected chi connectivity index (χ3v) is 38.0. The molecule has 0 unspecified atom stereocenters. The molecule has 5 amide bonds. The van der Waals surface area contributed by atoms with Gasteiger partial charge in [-0.1, -0.05) is 143 Å². The molecule has 11 aromatic rings. The number of nitrogens with one attached hydrogen (secondary N) is 4. The summed E-state index contributed by atoms with van der Waals surface area (Å²) in [5.41, 5.74) is 20.5. The van der Waals surface area contributed by atoms with Gasteiger partial charge in [0.05, 0.1) is 62.7 Å². The number of aliphatic carboxylic acids is 2. The zero-order chi connectivity index (χ0) is 95.7. The fourth-order valence-corrected chi connectivity index (χ4v) is 33.0. The Balaban J connectivity index is 0.0000000996. The lowest BCUT2D eigenvalue weighted by atomic mass is 9.76. The van der Waals surface area contributed by atoms with E-state index >= 15 is 0 Å². The van der Waals surface area contributed by atoms with Crippen molar-refractivity contribution in [2.45, 2.75) is 189 Å². The summed E-state index contributed by atoms with van der Waals surface area (Å²) in [5.74, 6) is -2.33. The number of aromatic amines is 4. The van der Waals surface area contributed by atoms with E-state index in [0.717, 1.165) is 126 Å². The summed E-state index contributed by atoms with van der Waals surface area (Å²) in [5, 5.41) is 48.1. The van der Waals surface area contributed by atoms with E-state index in [1.807, 2.05) is 93.3 Å². The summed E-state index contributed by atoms with van der Waals surface area (Å²) in [6.07, 6.45) is 11.2. The standard InChI is InChI=1S/C26H26N2O5S.C21H23N3O5.C20H23N3O3.C20H25N3O.C19H20N2O3/c1-15-7-9-17(10-8-15)34(32,33)28-21-6-4-3-5-18(21)19-11-12-27-22(29)13-20-23(25(30)31)16(2)14-26(20,27)24(19)28;1-11-9-21-15(14(11)10-23(27)28)8-18(25)24(21)17(20(26)29-2)7-13-12-5-3-4-6-16(12)22-19(13)21;1-12-10-20-16(15(12)11-23(25)26)9-18(24)22(20)8-4-6-14-13-5-2-3-7-17(13)21-19(14)20;1-12-10-20-16(15(12)11-21)9-18(24)23(20)8-4-6-14-13-5-2-3-7-17(13)22-19(14)20;1-10-9-19-13(16(10)18(23)24)8-15(22)21(19)7-6-12-11-4-2-3-5-14(11)20-17(12)19/h3-10,16,20,23H,11-14H2,1-2H3,(H,30,31);3-6,11,14-15,17,22H,7-10H2,1-2H3;2-3,5,7,12,15-16,21H,4,6,8-11H2,1H3;2-3,5,7,12,15-16,22H,4,6,8-11,21H2,1H3;2-5,10,13,16,20H,6-9H2,1H3,(H,23,24)/t16-,20-,23+,26+;11-,14+,15-,17-,21+;2*12-,15+,16-,20+;10-,13-,16+,19+/m00000/s1. The predicted molar refractivity (Wildman–Crippen MR) is 509 cm³/mol. The van der Waals surface area contributed by atoms with Crippen LogP contribution < -0.4 is 5.73 Å². The highest BCUT2D eigenvalue weighted by Gasteiger charge is 2.72. The number of amides is 5. The average molecular weight is 1880 g/mol. The van der Waals surface area contributed by atoms with Gasteiger partial charge in [0.1, 0.15) is 6.04 Å². The van der Waals surface area contributed by atoms with Crippen molar-refractivity contribution in [1.82, 2.24) is 48.4 Å². The zero-order valence-corrected chi connectivity index (χ0v) is 79.0. The monoisotopic (exact) mass is 1880 g/mol. The fourth-order valence-electron chi connectivity index (χ4n) is 31.4. The zero-order valence-electron chi connectivity index (χ0n) is 78.1. The molecule has 6 aromatic carbocycles. The van der Waals surface area contributed by atoms with Gasteiger partial charge in [-0.15, -0.1) is 0 Å². The van der Waals surface area contributed by atoms with Crippen molar-refractivity contribution in [2.75, 3.05) is 52.9 Å². The normalized spacial score (nSPS) is 32.3. The van der Waals surface area contributed by atoms with Gasteiger partial charge in [0, 0.05) is 188 Å². The van der Waals surface area contributed by atoms with Crippen LogP contribution in [0.2, 0.25) is 0 Å². The Labute approximate surface area is 791 Å². The number of aromatic nitrogens is 5. The second kappa shape index (κ2) is 32.6. The lowest BCUT2D eigenvalue weighted by Crippen LogP contribution is -2.58. The number of hydrogen-bond acceptors (Lipinski definition) is 16. The predicted octanol–water partition coefficient (Wildman–Crippen LogP) is 14.1. The quantitative estimate of drug-likeness (QED) is 0.0380. The topological polar surface area (TPSA) is 417 Å². The first-order chi connectivity index (χ1) is 65.8. The van der Waals surface area contributed by atoms with E-state index in [9.17, 15) is 77.2 Å². The molecule has 8 N–H and O–H groups in total. The van der Waals surface area contributed by atoms with Crippen LogP contribution in [0.5, 0.6) is 0 Å². The molecule has 5 aliphatic carbocycles. The number of esters is 1. The van der Waals surface area contributed by atoms with Gasteiger partial charge in [-0.05, 0) is 190 Å². The Morgan fingerprint density at radius 1 is 0.438 bits per heavy atom. The number of hydrogen-bond donors (Lipinski definition) is 7. The van der Waals surface area contributed by atoms with Crippen molar-refractivity contribution < 1.29 is 71.6 Å². The largest absolute Gasteiger partial charge is 0.481 e. The van der Waals surface area contributed by atoms with Crippen molar-refractivity contribution in [3.8, 4) is 0 Å². The van der Waals surface area contributed by atoms with Crippen LogP contribution in [0, 0.1) is 116 Å². The van der Waals surface area contributed by atoms with Crippen LogP contribution >= 0.6 is 0 Å². The first-order valence-electron chi connectivity index (χ1n) is 49.1. The van der Waals surface area contributed by atoms with Gasteiger partial charge in [-0.25, -0.2) is 17.2 Å². The smallest absolute Gasteiger partial charge is 0.328 e. The number of carbonyl (C=O) groups is 8. The molecule has 15 heterocycles. The van der Waals surface area contributed by atoms with Crippen LogP contribution in [-0.4, -0.2) is 183 Å². The number of aryl methyl sites for hydroxylation is 3. The second-order valence-electron chi connectivity index (χ2n) is 42.5. The number of nitro groups is 2. The highest BCUT2D eigenvalue weighted by Crippen LogP contribution is 2.68. The van der Waals surface area contributed by atoms with E-state index in [-0.39, 0.29) is 129 Å². The van der Waals surface area contributed by atoms with Crippen molar-refractivity contribution in [2.24, 2.45) is 94.5 Å². The van der Waals surface area contributed by atoms with Crippen molar-refractivity contribution in [3.63, 3.8) is 0 Å². The lowest BCUT2D eigenvalue weighted by molar-refractivity contribution is -0.491. The molecule has 5 saturated carbocycles. The van der Waals surface area contributed by atoms with E-state index in [2.05, 4.69) is 98.2 Å². The Bertz CT molecular complexity index is 7050. The number of fused-ring (bicyclic) bond motifs is 15. The number of para-hydroxylation sites is 5. The molecule has 10 fully saturated rings. The molecule has 10 aliphatic heterocycles. The van der Waals surface area contributed by atoms with Gasteiger partial charge in [-0.2, -0.15) is 0 Å². The average Bonchev–Trinajstić information content (AvgIpc) is 1.70. The molecule has 30 nitrogen and oxygen atoms in total. The number of rotatable bonds is 10. The minimum Gasteiger partial charge on any atom is -0.481 e. The minimum atomic E-state index is -4.00. The third kappa shape index (κ3) is 12.8. The van der Waals surface area contributed by atoms with E-state index in [0.29, 0.717) is 99.5 Å². The molecule has 137 heavy (non-hydrogen) atoms. The summed E-state index contributed by atoms with van der Waals surface area (Å²) in [6.45, 7) is 15.6. The molecule has 0 bridgehead atoms. The first-order valence-corrected chi connectivity index (χ1v) is 50.6. The number of benzene rings is 6. The summed E-state index contributed by atoms with van der Waals surface area (Å²) in [6, 6.07) is 46.6.